The third-order valence-corrected chi connectivity index (χ3v) is 4.12. The minimum absolute atomic E-state index is 0.177. The second-order valence-electron chi connectivity index (χ2n) is 6.10. The van der Waals surface area contributed by atoms with E-state index in [-0.39, 0.29) is 29.4 Å². The molecule has 0 aliphatic carbocycles. The fourth-order valence-electron chi connectivity index (χ4n) is 2.46. The molecule has 2 N–H and O–H groups in total. The first-order valence-corrected chi connectivity index (χ1v) is 8.31. The number of carbonyl (C=O) groups excluding carboxylic acids is 1. The van der Waals surface area contributed by atoms with E-state index in [1.54, 1.807) is 0 Å². The zero-order chi connectivity index (χ0) is 18.5. The number of ether oxygens (including phenoxy) is 1. The lowest BCUT2D eigenvalue weighted by atomic mass is 10.1. The fourth-order valence-corrected chi connectivity index (χ4v) is 2.46. The van der Waals surface area contributed by atoms with Crippen molar-refractivity contribution in [1.29, 1.82) is 0 Å². The molecule has 1 amide bonds. The van der Waals surface area contributed by atoms with Crippen LogP contribution in [0.3, 0.4) is 0 Å². The Bertz CT molecular complexity index is 978. The molecule has 0 saturated heterocycles. The topological polar surface area (TPSA) is 71.2 Å². The van der Waals surface area contributed by atoms with E-state index in [0.717, 1.165) is 16.7 Å². The molecule has 5 heteroatoms. The van der Waals surface area contributed by atoms with Gasteiger partial charge in [-0.25, -0.2) is 0 Å². The summed E-state index contributed by atoms with van der Waals surface area (Å²) in [5.41, 5.74) is 3.72. The SMILES string of the molecule is Cc1ccc(NC(=O)c2cc(=O)c(OCc3ccccc3)c[nH]2)cc1C. The van der Waals surface area contributed by atoms with Gasteiger partial charge in [-0.05, 0) is 42.7 Å². The van der Waals surface area contributed by atoms with Gasteiger partial charge in [0.1, 0.15) is 12.3 Å². The third kappa shape index (κ3) is 4.19. The Balaban J connectivity index is 1.69. The van der Waals surface area contributed by atoms with Gasteiger partial charge in [0.25, 0.3) is 5.91 Å². The molecule has 0 aliphatic heterocycles. The van der Waals surface area contributed by atoms with Crippen LogP contribution < -0.4 is 15.5 Å². The Morgan fingerprint density at radius 1 is 1.04 bits per heavy atom. The Labute approximate surface area is 151 Å². The number of anilines is 1. The number of aromatic amines is 1. The Kier molecular flexibility index (Phi) is 5.17. The van der Waals surface area contributed by atoms with Gasteiger partial charge in [-0.1, -0.05) is 36.4 Å². The Morgan fingerprint density at radius 3 is 2.50 bits per heavy atom. The Morgan fingerprint density at radius 2 is 1.81 bits per heavy atom. The van der Waals surface area contributed by atoms with Crippen LogP contribution in [-0.4, -0.2) is 10.9 Å². The van der Waals surface area contributed by atoms with Gasteiger partial charge < -0.3 is 15.0 Å². The smallest absolute Gasteiger partial charge is 0.272 e. The molecule has 132 valence electrons. The normalized spacial score (nSPS) is 10.4. The molecule has 3 aromatic rings. The van der Waals surface area contributed by atoms with Gasteiger partial charge >= 0.3 is 0 Å². The van der Waals surface area contributed by atoms with Crippen LogP contribution in [0.1, 0.15) is 27.2 Å². The van der Waals surface area contributed by atoms with Crippen LogP contribution in [0.5, 0.6) is 5.75 Å². The van der Waals surface area contributed by atoms with Crippen LogP contribution in [-0.2, 0) is 6.61 Å². The van der Waals surface area contributed by atoms with Gasteiger partial charge in [-0.2, -0.15) is 0 Å². The highest BCUT2D eigenvalue weighted by molar-refractivity contribution is 6.02. The quantitative estimate of drug-likeness (QED) is 0.736. The van der Waals surface area contributed by atoms with Crippen LogP contribution in [0.25, 0.3) is 0 Å². The average molecular weight is 348 g/mol. The van der Waals surface area contributed by atoms with Crippen LogP contribution in [0, 0.1) is 13.8 Å². The third-order valence-electron chi connectivity index (χ3n) is 4.12. The Hall–Kier alpha value is -3.34. The number of rotatable bonds is 5. The molecule has 0 saturated carbocycles. The predicted octanol–water partition coefficient (Wildman–Crippen LogP) is 3.82. The van der Waals surface area contributed by atoms with Gasteiger partial charge in [-0.15, -0.1) is 0 Å². The number of pyridine rings is 1. The molecular formula is C21H20N2O3. The van der Waals surface area contributed by atoms with Crippen molar-refractivity contribution < 1.29 is 9.53 Å². The molecule has 0 unspecified atom stereocenters. The molecule has 0 spiro atoms. The fraction of sp³-hybridized carbons (Fsp3) is 0.143. The lowest BCUT2D eigenvalue weighted by Gasteiger charge is -2.09. The summed E-state index contributed by atoms with van der Waals surface area (Å²) in [7, 11) is 0. The number of amides is 1. The molecule has 0 bridgehead atoms. The summed E-state index contributed by atoms with van der Waals surface area (Å²) in [6, 6.07) is 16.5. The highest BCUT2D eigenvalue weighted by Gasteiger charge is 2.10. The van der Waals surface area contributed by atoms with E-state index in [4.69, 9.17) is 4.74 Å². The maximum atomic E-state index is 12.3. The number of hydrogen-bond acceptors (Lipinski definition) is 3. The van der Waals surface area contributed by atoms with Crippen molar-refractivity contribution in [3.63, 3.8) is 0 Å². The molecular weight excluding hydrogens is 328 g/mol. The highest BCUT2D eigenvalue weighted by atomic mass is 16.5. The standard InChI is InChI=1S/C21H20N2O3/c1-14-8-9-17(10-15(14)2)23-21(25)18-11-19(24)20(12-22-18)26-13-16-6-4-3-5-7-16/h3-12H,13H2,1-2H3,(H,22,24)(H,23,25). The largest absolute Gasteiger partial charge is 0.483 e. The van der Waals surface area contributed by atoms with Crippen molar-refractivity contribution in [3.8, 4) is 5.75 Å². The van der Waals surface area contributed by atoms with E-state index in [9.17, 15) is 9.59 Å². The van der Waals surface area contributed by atoms with Crippen LogP contribution in [0.15, 0.2) is 65.6 Å². The molecule has 2 aromatic carbocycles. The zero-order valence-electron chi connectivity index (χ0n) is 14.7. The first kappa shape index (κ1) is 17.5. The molecule has 26 heavy (non-hydrogen) atoms. The summed E-state index contributed by atoms with van der Waals surface area (Å²) in [6.07, 6.45) is 1.42. The van der Waals surface area contributed by atoms with E-state index >= 15 is 0 Å². The summed E-state index contributed by atoms with van der Waals surface area (Å²) in [4.78, 5) is 27.3. The number of aryl methyl sites for hydroxylation is 2. The first-order valence-electron chi connectivity index (χ1n) is 8.31. The lowest BCUT2D eigenvalue weighted by molar-refractivity contribution is 0.102. The summed E-state index contributed by atoms with van der Waals surface area (Å²) in [5.74, 6) is -0.198. The van der Waals surface area contributed by atoms with E-state index < -0.39 is 0 Å². The zero-order valence-corrected chi connectivity index (χ0v) is 14.7. The maximum absolute atomic E-state index is 12.3. The van der Waals surface area contributed by atoms with Gasteiger partial charge in [0.05, 0.1) is 0 Å². The molecule has 0 aliphatic rings. The number of hydrogen-bond donors (Lipinski definition) is 2. The number of carbonyl (C=O) groups is 1. The lowest BCUT2D eigenvalue weighted by Crippen LogP contribution is -2.18. The number of benzene rings is 2. The minimum Gasteiger partial charge on any atom is -0.483 e. The molecule has 0 radical (unpaired) electrons. The van der Waals surface area contributed by atoms with Crippen molar-refractivity contribution in [2.24, 2.45) is 0 Å². The van der Waals surface area contributed by atoms with Crippen molar-refractivity contribution in [2.75, 3.05) is 5.32 Å². The molecule has 3 rings (SSSR count). The number of aromatic nitrogens is 1. The summed E-state index contributed by atoms with van der Waals surface area (Å²) >= 11 is 0. The van der Waals surface area contributed by atoms with Gasteiger partial charge in [0.15, 0.2) is 5.75 Å². The van der Waals surface area contributed by atoms with Crippen LogP contribution in [0.2, 0.25) is 0 Å². The first-order chi connectivity index (χ1) is 12.5. The monoisotopic (exact) mass is 348 g/mol. The van der Waals surface area contributed by atoms with Crippen molar-refractivity contribution in [1.82, 2.24) is 4.98 Å². The summed E-state index contributed by atoms with van der Waals surface area (Å²) < 4.78 is 5.53. The van der Waals surface area contributed by atoms with Crippen molar-refractivity contribution in [2.45, 2.75) is 20.5 Å². The second kappa shape index (κ2) is 7.70. The molecule has 0 fully saturated rings. The minimum atomic E-state index is -0.375. The van der Waals surface area contributed by atoms with Crippen LogP contribution in [0.4, 0.5) is 5.69 Å². The van der Waals surface area contributed by atoms with Crippen LogP contribution >= 0.6 is 0 Å². The average Bonchev–Trinajstić information content (AvgIpc) is 2.64. The van der Waals surface area contributed by atoms with E-state index in [2.05, 4.69) is 10.3 Å². The number of nitrogens with one attached hydrogen (secondary N) is 2. The summed E-state index contributed by atoms with van der Waals surface area (Å²) in [5, 5.41) is 2.78. The van der Waals surface area contributed by atoms with Crippen molar-refractivity contribution >= 4 is 11.6 Å². The van der Waals surface area contributed by atoms with Gasteiger partial charge in [0.2, 0.25) is 5.43 Å². The second-order valence-corrected chi connectivity index (χ2v) is 6.10. The van der Waals surface area contributed by atoms with Gasteiger partial charge in [0, 0.05) is 18.0 Å². The molecule has 1 heterocycles. The van der Waals surface area contributed by atoms with Crippen molar-refractivity contribution in [3.05, 3.63) is 93.4 Å². The summed E-state index contributed by atoms with van der Waals surface area (Å²) in [6.45, 7) is 4.27. The molecule has 0 atom stereocenters. The van der Waals surface area contributed by atoms with E-state index in [1.807, 2.05) is 62.4 Å². The maximum Gasteiger partial charge on any atom is 0.272 e. The highest BCUT2D eigenvalue weighted by Crippen LogP contribution is 2.15. The number of H-pyrrole nitrogens is 1. The van der Waals surface area contributed by atoms with E-state index in [1.165, 1.54) is 12.3 Å². The molecule has 5 nitrogen and oxygen atoms in total. The van der Waals surface area contributed by atoms with E-state index in [0.29, 0.717) is 5.69 Å². The molecule has 1 aromatic heterocycles. The van der Waals surface area contributed by atoms with Gasteiger partial charge in [-0.3, -0.25) is 9.59 Å². The predicted molar refractivity (Wildman–Crippen MR) is 102 cm³/mol.